The Morgan fingerprint density at radius 1 is 1.00 bits per heavy atom. The summed E-state index contributed by atoms with van der Waals surface area (Å²) < 4.78 is 5.49. The summed E-state index contributed by atoms with van der Waals surface area (Å²) in [6, 6.07) is 20.9. The van der Waals surface area contributed by atoms with Crippen LogP contribution in [0.2, 0.25) is 0 Å². The van der Waals surface area contributed by atoms with E-state index in [1.807, 2.05) is 24.3 Å². The number of amidine groups is 1. The number of carbonyl (C=O) groups excluding carboxylic acids is 3. The maximum atomic E-state index is 13.3. The summed E-state index contributed by atoms with van der Waals surface area (Å²) in [5.41, 5.74) is 9.45. The van der Waals surface area contributed by atoms with Gasteiger partial charge in [0.25, 0.3) is 17.7 Å². The zero-order valence-corrected chi connectivity index (χ0v) is 20.5. The highest BCUT2D eigenvalue weighted by Crippen LogP contribution is 2.27. The van der Waals surface area contributed by atoms with Gasteiger partial charge in [-0.3, -0.25) is 19.8 Å². The number of nitrogens with one attached hydrogen (secondary N) is 2. The molecule has 3 aromatic rings. The van der Waals surface area contributed by atoms with Crippen molar-refractivity contribution in [3.05, 3.63) is 95.1 Å². The molecule has 0 bridgehead atoms. The van der Waals surface area contributed by atoms with Crippen molar-refractivity contribution in [3.8, 4) is 0 Å². The van der Waals surface area contributed by atoms with Gasteiger partial charge in [0.15, 0.2) is 12.2 Å². The molecule has 3 aromatic carbocycles. The first-order chi connectivity index (χ1) is 18.3. The Morgan fingerprint density at radius 2 is 1.68 bits per heavy atom. The second-order valence-electron chi connectivity index (χ2n) is 9.19. The van der Waals surface area contributed by atoms with Gasteiger partial charge in [-0.1, -0.05) is 30.3 Å². The van der Waals surface area contributed by atoms with Crippen LogP contribution in [-0.2, 0) is 27.4 Å². The Labute approximate surface area is 219 Å². The summed E-state index contributed by atoms with van der Waals surface area (Å²) in [4.78, 5) is 42.3. The van der Waals surface area contributed by atoms with Crippen LogP contribution >= 0.6 is 0 Å². The topological polar surface area (TPSA) is 149 Å². The molecule has 0 spiro atoms. The van der Waals surface area contributed by atoms with Crippen molar-refractivity contribution in [1.82, 2.24) is 4.90 Å². The monoisotopic (exact) mass is 513 g/mol. The number of aliphatic hydroxyl groups excluding tert-OH is 1. The normalized spacial score (nSPS) is 17.6. The number of nitrogen functional groups attached to an aromatic ring is 1. The molecule has 0 radical (unpaired) electrons. The van der Waals surface area contributed by atoms with Crippen LogP contribution in [0.5, 0.6) is 0 Å². The lowest BCUT2D eigenvalue weighted by atomic mass is 10.1. The second-order valence-corrected chi connectivity index (χ2v) is 9.19. The van der Waals surface area contributed by atoms with Gasteiger partial charge in [0.1, 0.15) is 5.84 Å². The minimum absolute atomic E-state index is 0.105. The number of carbonyl (C=O) groups is 3. The van der Waals surface area contributed by atoms with E-state index in [0.717, 1.165) is 11.1 Å². The summed E-state index contributed by atoms with van der Waals surface area (Å²) in [5, 5.41) is 20.6. The fraction of sp³-hybridized carbons (Fsp3) is 0.214. The molecule has 5 rings (SSSR count). The van der Waals surface area contributed by atoms with Gasteiger partial charge in [-0.2, -0.15) is 0 Å². The van der Waals surface area contributed by atoms with Gasteiger partial charge in [0.2, 0.25) is 0 Å². The van der Waals surface area contributed by atoms with E-state index in [9.17, 15) is 19.5 Å². The van der Waals surface area contributed by atoms with Crippen molar-refractivity contribution in [3.63, 3.8) is 0 Å². The number of aliphatic hydroxyl groups is 1. The predicted molar refractivity (Wildman–Crippen MR) is 141 cm³/mol. The van der Waals surface area contributed by atoms with E-state index in [1.54, 1.807) is 53.4 Å². The molecule has 5 N–H and O–H groups in total. The van der Waals surface area contributed by atoms with Gasteiger partial charge < -0.3 is 30.7 Å². The van der Waals surface area contributed by atoms with Crippen LogP contribution in [-0.4, -0.2) is 58.9 Å². The van der Waals surface area contributed by atoms with Crippen molar-refractivity contribution in [2.24, 2.45) is 5.73 Å². The average molecular weight is 514 g/mol. The van der Waals surface area contributed by atoms with E-state index in [2.05, 4.69) is 5.32 Å². The highest BCUT2D eigenvalue weighted by Gasteiger charge is 2.39. The molecule has 10 heteroatoms. The Hall–Kier alpha value is -4.54. The first kappa shape index (κ1) is 25.1. The van der Waals surface area contributed by atoms with Crippen LogP contribution in [0.4, 0.5) is 11.4 Å². The molecule has 1 fully saturated rings. The van der Waals surface area contributed by atoms with Crippen LogP contribution in [0.15, 0.2) is 72.8 Å². The van der Waals surface area contributed by atoms with Crippen LogP contribution in [0.25, 0.3) is 0 Å². The molecule has 0 saturated carbocycles. The van der Waals surface area contributed by atoms with E-state index < -0.39 is 24.0 Å². The first-order valence-electron chi connectivity index (χ1n) is 12.1. The van der Waals surface area contributed by atoms with Gasteiger partial charge in [-0.15, -0.1) is 0 Å². The highest BCUT2D eigenvalue weighted by atomic mass is 16.5. The number of ether oxygens (including phenoxy) is 1. The molecule has 194 valence electrons. The zero-order valence-electron chi connectivity index (χ0n) is 20.5. The van der Waals surface area contributed by atoms with E-state index >= 15 is 0 Å². The molecule has 1 saturated heterocycles. The van der Waals surface area contributed by atoms with Crippen LogP contribution in [0.1, 0.15) is 27.0 Å². The average Bonchev–Trinajstić information content (AvgIpc) is 3.37. The highest BCUT2D eigenvalue weighted by molar-refractivity contribution is 6.05. The number of anilines is 2. The number of rotatable bonds is 6. The van der Waals surface area contributed by atoms with Gasteiger partial charge in [0.05, 0.1) is 6.61 Å². The van der Waals surface area contributed by atoms with Crippen molar-refractivity contribution in [1.29, 1.82) is 5.41 Å². The molecule has 2 heterocycles. The maximum Gasteiger partial charge on any atom is 0.259 e. The van der Waals surface area contributed by atoms with Gasteiger partial charge in [-0.25, -0.2) is 0 Å². The number of nitrogens with zero attached hydrogens (tertiary/aromatic N) is 2. The fourth-order valence-electron chi connectivity index (χ4n) is 4.64. The van der Waals surface area contributed by atoms with E-state index in [0.29, 0.717) is 35.6 Å². The molecule has 0 aliphatic carbocycles. The van der Waals surface area contributed by atoms with Crippen LogP contribution in [0, 0.1) is 5.41 Å². The van der Waals surface area contributed by atoms with E-state index in [1.165, 1.54) is 4.90 Å². The quantitative estimate of drug-likeness (QED) is 0.292. The standard InChI is InChI=1S/C28H27N5O5/c29-25(30)17-8-10-21(11-9-17)31-26(35)23(34)24-28(37)33(12-13-38-24)22-7-3-6-18(14-22)27(36)32-15-19-4-1-2-5-20(19)16-32/h1-11,14,23-24,34H,12-13,15-16H2,(H3,29,30)(H,31,35)/t23-,24-/m1/s1. The Bertz CT molecular complexity index is 1380. The third kappa shape index (κ3) is 4.99. The maximum absolute atomic E-state index is 13.3. The van der Waals surface area contributed by atoms with E-state index in [-0.39, 0.29) is 24.9 Å². The SMILES string of the molecule is N=C(N)c1ccc(NC(=O)[C@H](O)[C@H]2OCCN(c3cccc(C(=O)N4Cc5ccccc5C4)c3)C2=O)cc1. The summed E-state index contributed by atoms with van der Waals surface area (Å²) in [6.45, 7) is 1.36. The Morgan fingerprint density at radius 3 is 2.34 bits per heavy atom. The molecule has 0 unspecified atom stereocenters. The van der Waals surface area contributed by atoms with E-state index in [4.69, 9.17) is 15.9 Å². The lowest BCUT2D eigenvalue weighted by Crippen LogP contribution is -2.55. The van der Waals surface area contributed by atoms with Crippen molar-refractivity contribution < 1.29 is 24.2 Å². The summed E-state index contributed by atoms with van der Waals surface area (Å²) >= 11 is 0. The fourth-order valence-corrected chi connectivity index (χ4v) is 4.64. The number of nitrogens with two attached hydrogens (primary N) is 1. The zero-order chi connectivity index (χ0) is 26.8. The van der Waals surface area contributed by atoms with Crippen LogP contribution < -0.4 is 16.0 Å². The van der Waals surface area contributed by atoms with Crippen molar-refractivity contribution in [2.45, 2.75) is 25.3 Å². The molecule has 2 atom stereocenters. The molecule has 2 aliphatic rings. The van der Waals surface area contributed by atoms with Gasteiger partial charge >= 0.3 is 0 Å². The number of fused-ring (bicyclic) bond motifs is 1. The molecule has 10 nitrogen and oxygen atoms in total. The predicted octanol–water partition coefficient (Wildman–Crippen LogP) is 1.86. The Balaban J connectivity index is 1.27. The second kappa shape index (κ2) is 10.4. The number of hydrogen-bond donors (Lipinski definition) is 4. The summed E-state index contributed by atoms with van der Waals surface area (Å²) in [5.74, 6) is -1.64. The molecular weight excluding hydrogens is 486 g/mol. The lowest BCUT2D eigenvalue weighted by molar-refractivity contribution is -0.150. The number of benzene rings is 3. The number of amides is 3. The third-order valence-electron chi connectivity index (χ3n) is 6.67. The lowest BCUT2D eigenvalue weighted by Gasteiger charge is -2.34. The number of hydrogen-bond acceptors (Lipinski definition) is 6. The minimum atomic E-state index is -1.76. The first-order valence-corrected chi connectivity index (χ1v) is 12.1. The van der Waals surface area contributed by atoms with Gasteiger partial charge in [-0.05, 0) is 53.6 Å². The Kier molecular flexibility index (Phi) is 6.91. The number of morpholine rings is 1. The van der Waals surface area contributed by atoms with Gasteiger partial charge in [0, 0.05) is 42.1 Å². The molecule has 0 aromatic heterocycles. The molecule has 38 heavy (non-hydrogen) atoms. The van der Waals surface area contributed by atoms with Crippen molar-refractivity contribution >= 4 is 34.9 Å². The molecular formula is C28H27N5O5. The van der Waals surface area contributed by atoms with Crippen molar-refractivity contribution in [2.75, 3.05) is 23.4 Å². The third-order valence-corrected chi connectivity index (χ3v) is 6.67. The van der Waals surface area contributed by atoms with Crippen LogP contribution in [0.3, 0.4) is 0 Å². The summed E-state index contributed by atoms with van der Waals surface area (Å²) in [6.07, 6.45) is -3.17. The molecule has 2 aliphatic heterocycles. The minimum Gasteiger partial charge on any atom is -0.384 e. The molecule has 3 amide bonds. The summed E-state index contributed by atoms with van der Waals surface area (Å²) in [7, 11) is 0. The largest absolute Gasteiger partial charge is 0.384 e. The smallest absolute Gasteiger partial charge is 0.259 e.